The second-order valence-corrected chi connectivity index (χ2v) is 2.48. The molecule has 0 unspecified atom stereocenters. The number of nitrogens with zero attached hydrogens (tertiary/aromatic N) is 1. The van der Waals surface area contributed by atoms with E-state index in [4.69, 9.17) is 9.68 Å². The van der Waals surface area contributed by atoms with Gasteiger partial charge in [0.05, 0.1) is 18.9 Å². The average Bonchev–Trinajstić information content (AvgIpc) is 2.54. The highest BCUT2D eigenvalue weighted by atomic mass is 16.5. The van der Waals surface area contributed by atoms with Gasteiger partial charge in [-0.1, -0.05) is 0 Å². The van der Waals surface area contributed by atoms with Gasteiger partial charge in [0.2, 0.25) is 5.92 Å². The number of rotatable bonds is 3. The van der Waals surface area contributed by atoms with Gasteiger partial charge in [0, 0.05) is 6.07 Å². The summed E-state index contributed by atoms with van der Waals surface area (Å²) in [6, 6.07) is 2.96. The highest BCUT2D eigenvalue weighted by Crippen LogP contribution is 2.27. The lowest BCUT2D eigenvalue weighted by molar-refractivity contribution is -0.143. The van der Waals surface area contributed by atoms with Gasteiger partial charge in [0.25, 0.3) is 0 Å². The smallest absolute Gasteiger partial charge is 0.331 e. The van der Waals surface area contributed by atoms with Crippen molar-refractivity contribution in [2.24, 2.45) is 0 Å². The molecule has 1 aromatic heterocycles. The number of furan rings is 1. The van der Waals surface area contributed by atoms with Crippen LogP contribution < -0.4 is 0 Å². The number of carbonyl (C=O) groups excluding carboxylic acids is 1. The Morgan fingerprint density at radius 2 is 2.57 bits per heavy atom. The predicted molar refractivity (Wildman–Crippen MR) is 45.4 cm³/mol. The molecule has 0 spiro atoms. The zero-order valence-electron chi connectivity index (χ0n) is 7.56. The molecule has 0 fully saturated rings. The Morgan fingerprint density at radius 1 is 1.86 bits per heavy atom. The number of nitriles is 1. The molecule has 0 aliphatic heterocycles. The molecule has 0 saturated heterocycles. The molecule has 0 aromatic carbocycles. The van der Waals surface area contributed by atoms with Crippen molar-refractivity contribution in [3.63, 3.8) is 0 Å². The Labute approximate surface area is 80.5 Å². The van der Waals surface area contributed by atoms with Gasteiger partial charge in [0.15, 0.2) is 11.5 Å². The van der Waals surface area contributed by atoms with Crippen molar-refractivity contribution >= 4 is 5.97 Å². The topological polar surface area (TPSA) is 83.5 Å². The van der Waals surface area contributed by atoms with Crippen molar-refractivity contribution < 1.29 is 19.1 Å². The van der Waals surface area contributed by atoms with Crippen LogP contribution in [0.25, 0.3) is 0 Å². The van der Waals surface area contributed by atoms with E-state index >= 15 is 0 Å². The van der Waals surface area contributed by atoms with Gasteiger partial charge in [-0.25, -0.2) is 0 Å². The van der Waals surface area contributed by atoms with Crippen LogP contribution in [0, 0.1) is 11.3 Å². The number of esters is 1. The Morgan fingerprint density at radius 3 is 3.00 bits per heavy atom. The maximum absolute atomic E-state index is 11.2. The Kier molecular flexibility index (Phi) is 3.13. The highest BCUT2D eigenvalue weighted by Gasteiger charge is 2.27. The summed E-state index contributed by atoms with van der Waals surface area (Å²) in [6.45, 7) is 1.81. The predicted octanol–water partition coefficient (Wildman–Crippen LogP) is 1.16. The molecular formula is C9H9NO4. The molecule has 0 aliphatic rings. The number of hydrogen-bond donors (Lipinski definition) is 1. The first-order chi connectivity index (χ1) is 6.70. The molecule has 0 aliphatic carbocycles. The molecule has 0 bridgehead atoms. The van der Waals surface area contributed by atoms with Gasteiger partial charge in [-0.05, 0) is 6.92 Å². The molecular weight excluding hydrogens is 186 g/mol. The molecule has 1 aromatic rings. The monoisotopic (exact) mass is 195 g/mol. The summed E-state index contributed by atoms with van der Waals surface area (Å²) < 4.78 is 9.45. The molecule has 1 heterocycles. The summed E-state index contributed by atoms with van der Waals surface area (Å²) in [7, 11) is 0. The second kappa shape index (κ2) is 4.33. The zero-order valence-corrected chi connectivity index (χ0v) is 7.56. The van der Waals surface area contributed by atoms with E-state index in [0.717, 1.165) is 0 Å². The second-order valence-electron chi connectivity index (χ2n) is 2.48. The zero-order chi connectivity index (χ0) is 10.6. The molecule has 0 radical (unpaired) electrons. The summed E-state index contributed by atoms with van der Waals surface area (Å²) in [4.78, 5) is 11.2. The molecule has 14 heavy (non-hydrogen) atoms. The fourth-order valence-corrected chi connectivity index (χ4v) is 0.974. The van der Waals surface area contributed by atoms with E-state index in [9.17, 15) is 9.90 Å². The van der Waals surface area contributed by atoms with Crippen molar-refractivity contribution in [1.82, 2.24) is 0 Å². The lowest BCUT2D eigenvalue weighted by atomic mass is 10.1. The molecule has 5 heteroatoms. The Hall–Kier alpha value is -1.96. The van der Waals surface area contributed by atoms with Crippen LogP contribution in [0.1, 0.15) is 18.6 Å². The van der Waals surface area contributed by atoms with E-state index in [2.05, 4.69) is 4.74 Å². The third-order valence-corrected chi connectivity index (χ3v) is 1.59. The number of hydrogen-bond acceptors (Lipinski definition) is 5. The van der Waals surface area contributed by atoms with Crippen LogP contribution in [0.15, 0.2) is 16.7 Å². The normalized spacial score (nSPS) is 11.7. The number of ether oxygens (including phenoxy) is 1. The van der Waals surface area contributed by atoms with Crippen LogP contribution in [0.2, 0.25) is 0 Å². The molecule has 0 amide bonds. The maximum atomic E-state index is 11.2. The average molecular weight is 195 g/mol. The van der Waals surface area contributed by atoms with E-state index < -0.39 is 11.9 Å². The summed E-state index contributed by atoms with van der Waals surface area (Å²) in [5.41, 5.74) is 0. The van der Waals surface area contributed by atoms with Crippen LogP contribution in [0.3, 0.4) is 0 Å². The standard InChI is InChI=1S/C9H9NO4/c1-2-13-9(12)6(5-10)8-7(11)3-4-14-8/h3-4,6,11H,2H2,1H3/t6-/m1/s1. The van der Waals surface area contributed by atoms with Gasteiger partial charge in [0.1, 0.15) is 0 Å². The number of aromatic hydroxyl groups is 1. The fraction of sp³-hybridized carbons (Fsp3) is 0.333. The van der Waals surface area contributed by atoms with Crippen LogP contribution in [-0.4, -0.2) is 17.7 Å². The van der Waals surface area contributed by atoms with Gasteiger partial charge >= 0.3 is 5.97 Å². The minimum atomic E-state index is -1.20. The molecule has 5 nitrogen and oxygen atoms in total. The van der Waals surface area contributed by atoms with E-state index in [0.29, 0.717) is 0 Å². The first-order valence-corrected chi connectivity index (χ1v) is 4.03. The first-order valence-electron chi connectivity index (χ1n) is 4.03. The quantitative estimate of drug-likeness (QED) is 0.731. The Balaban J connectivity index is 2.89. The number of carbonyl (C=O) groups is 1. The van der Waals surface area contributed by atoms with Crippen molar-refractivity contribution in [3.05, 3.63) is 18.1 Å². The van der Waals surface area contributed by atoms with Gasteiger partial charge in [-0.3, -0.25) is 4.79 Å². The largest absolute Gasteiger partial charge is 0.504 e. The summed E-state index contributed by atoms with van der Waals surface area (Å²) in [5.74, 6) is -2.22. The lowest BCUT2D eigenvalue weighted by Gasteiger charge is -2.05. The minimum absolute atomic E-state index is 0.0778. The maximum Gasteiger partial charge on any atom is 0.331 e. The van der Waals surface area contributed by atoms with E-state index in [1.807, 2.05) is 0 Å². The highest BCUT2D eigenvalue weighted by molar-refractivity contribution is 5.81. The van der Waals surface area contributed by atoms with Crippen molar-refractivity contribution in [1.29, 1.82) is 5.26 Å². The summed E-state index contributed by atoms with van der Waals surface area (Å²) in [6.07, 6.45) is 1.20. The molecule has 1 N–H and O–H groups in total. The van der Waals surface area contributed by atoms with Crippen LogP contribution in [0.5, 0.6) is 5.75 Å². The summed E-state index contributed by atoms with van der Waals surface area (Å²) >= 11 is 0. The van der Waals surface area contributed by atoms with Crippen molar-refractivity contribution in [2.75, 3.05) is 6.61 Å². The molecule has 1 atom stereocenters. The molecule has 0 saturated carbocycles. The van der Waals surface area contributed by atoms with Crippen LogP contribution in [0.4, 0.5) is 0 Å². The van der Waals surface area contributed by atoms with E-state index in [1.54, 1.807) is 13.0 Å². The molecule has 74 valence electrons. The van der Waals surface area contributed by atoms with Gasteiger partial charge in [-0.15, -0.1) is 0 Å². The van der Waals surface area contributed by atoms with Crippen LogP contribution >= 0.6 is 0 Å². The molecule has 1 rings (SSSR count). The van der Waals surface area contributed by atoms with Crippen molar-refractivity contribution in [3.8, 4) is 11.8 Å². The van der Waals surface area contributed by atoms with E-state index in [-0.39, 0.29) is 18.1 Å². The lowest BCUT2D eigenvalue weighted by Crippen LogP contribution is -2.13. The fourth-order valence-electron chi connectivity index (χ4n) is 0.974. The van der Waals surface area contributed by atoms with E-state index in [1.165, 1.54) is 12.3 Å². The first kappa shape index (κ1) is 10.1. The minimum Gasteiger partial charge on any atom is -0.504 e. The van der Waals surface area contributed by atoms with Gasteiger partial charge < -0.3 is 14.3 Å². The SMILES string of the molecule is CCOC(=O)[C@H](C#N)c1occc1O. The summed E-state index contributed by atoms with van der Waals surface area (Å²) in [5, 5.41) is 17.9. The van der Waals surface area contributed by atoms with Crippen LogP contribution in [-0.2, 0) is 9.53 Å². The van der Waals surface area contributed by atoms with Gasteiger partial charge in [-0.2, -0.15) is 5.26 Å². The van der Waals surface area contributed by atoms with Crippen molar-refractivity contribution in [2.45, 2.75) is 12.8 Å². The Bertz CT molecular complexity index is 363. The third-order valence-electron chi connectivity index (χ3n) is 1.59. The third kappa shape index (κ3) is 1.85.